The Morgan fingerprint density at radius 1 is 1.36 bits per heavy atom. The number of H-pyrrole nitrogens is 1. The third kappa shape index (κ3) is 4.69. The van der Waals surface area contributed by atoms with E-state index in [1.807, 2.05) is 4.90 Å². The molecular weight excluding hydrogens is 312 g/mol. The summed E-state index contributed by atoms with van der Waals surface area (Å²) >= 11 is 0. The van der Waals surface area contributed by atoms with Gasteiger partial charge in [-0.3, -0.25) is 4.79 Å². The minimum absolute atomic E-state index is 0.0445. The summed E-state index contributed by atoms with van der Waals surface area (Å²) < 4.78 is 0. The van der Waals surface area contributed by atoms with E-state index in [1.54, 1.807) is 12.5 Å². The molecule has 1 heterocycles. The molecule has 25 heavy (non-hydrogen) atoms. The van der Waals surface area contributed by atoms with Crippen molar-refractivity contribution in [2.45, 2.75) is 64.1 Å². The number of aromatic amines is 1. The van der Waals surface area contributed by atoms with Crippen LogP contribution in [0.5, 0.6) is 0 Å². The van der Waals surface area contributed by atoms with Crippen LogP contribution >= 0.6 is 0 Å². The number of aryl methyl sites for hydroxylation is 1. The first kappa shape index (κ1) is 17.7. The average molecular weight is 340 g/mol. The van der Waals surface area contributed by atoms with Crippen LogP contribution in [0.2, 0.25) is 0 Å². The van der Waals surface area contributed by atoms with Crippen molar-refractivity contribution in [3.05, 3.63) is 53.6 Å². The van der Waals surface area contributed by atoms with Crippen LogP contribution in [0.4, 0.5) is 0 Å². The fourth-order valence-electron chi connectivity index (χ4n) is 3.72. The van der Waals surface area contributed by atoms with Crippen LogP contribution in [0.1, 0.15) is 48.9 Å². The van der Waals surface area contributed by atoms with Crippen LogP contribution in [-0.2, 0) is 17.8 Å². The molecule has 0 saturated heterocycles. The molecule has 0 radical (unpaired) electrons. The lowest BCUT2D eigenvalue weighted by molar-refractivity contribution is -0.136. The van der Waals surface area contributed by atoms with E-state index in [0.29, 0.717) is 19.0 Å². The standard InChI is InChI=1S/C20H28N4O/c1-15-6-5-7-16(10-15)13-24(18-8-3-2-4-9-18)20(25)19(21)11-17-12-22-14-23-17/h5-7,10,12,14,18-19H,2-4,8-9,11,13,21H2,1H3,(H,22,23)/t19-/m0/s1. The number of nitrogens with zero attached hydrogens (tertiary/aromatic N) is 2. The first-order valence-electron chi connectivity index (χ1n) is 9.22. The Morgan fingerprint density at radius 3 is 2.84 bits per heavy atom. The van der Waals surface area contributed by atoms with Gasteiger partial charge in [0.2, 0.25) is 5.91 Å². The summed E-state index contributed by atoms with van der Waals surface area (Å²) in [6.45, 7) is 2.72. The minimum atomic E-state index is -0.535. The molecule has 1 amide bonds. The van der Waals surface area contributed by atoms with Gasteiger partial charge in [0.15, 0.2) is 0 Å². The Morgan fingerprint density at radius 2 is 2.16 bits per heavy atom. The Balaban J connectivity index is 1.75. The number of nitrogens with one attached hydrogen (secondary N) is 1. The van der Waals surface area contributed by atoms with E-state index in [0.717, 1.165) is 18.5 Å². The van der Waals surface area contributed by atoms with Gasteiger partial charge in [-0.2, -0.15) is 0 Å². The second-order valence-corrected chi connectivity index (χ2v) is 7.13. The maximum Gasteiger partial charge on any atom is 0.240 e. The summed E-state index contributed by atoms with van der Waals surface area (Å²) in [5.41, 5.74) is 9.55. The largest absolute Gasteiger partial charge is 0.348 e. The Bertz CT molecular complexity index is 677. The molecule has 3 rings (SSSR count). The number of benzene rings is 1. The summed E-state index contributed by atoms with van der Waals surface area (Å²) in [7, 11) is 0. The van der Waals surface area contributed by atoms with Crippen molar-refractivity contribution in [2.75, 3.05) is 0 Å². The molecule has 0 spiro atoms. The van der Waals surface area contributed by atoms with E-state index < -0.39 is 6.04 Å². The normalized spacial score (nSPS) is 16.6. The molecule has 0 unspecified atom stereocenters. The third-order valence-corrected chi connectivity index (χ3v) is 5.05. The summed E-state index contributed by atoms with van der Waals surface area (Å²) in [6, 6.07) is 8.15. The lowest BCUT2D eigenvalue weighted by atomic mass is 9.93. The molecule has 5 heteroatoms. The van der Waals surface area contributed by atoms with Crippen LogP contribution in [0.15, 0.2) is 36.8 Å². The van der Waals surface area contributed by atoms with Crippen LogP contribution < -0.4 is 5.73 Å². The minimum Gasteiger partial charge on any atom is -0.348 e. The second-order valence-electron chi connectivity index (χ2n) is 7.13. The van der Waals surface area contributed by atoms with Crippen molar-refractivity contribution >= 4 is 5.91 Å². The van der Waals surface area contributed by atoms with E-state index >= 15 is 0 Å². The van der Waals surface area contributed by atoms with E-state index in [9.17, 15) is 4.79 Å². The van der Waals surface area contributed by atoms with Crippen LogP contribution in [0, 0.1) is 6.92 Å². The molecule has 5 nitrogen and oxygen atoms in total. The van der Waals surface area contributed by atoms with Gasteiger partial charge in [0.1, 0.15) is 0 Å². The van der Waals surface area contributed by atoms with Crippen molar-refractivity contribution < 1.29 is 4.79 Å². The fraction of sp³-hybridized carbons (Fsp3) is 0.500. The molecule has 1 atom stereocenters. The second kappa shape index (κ2) is 8.30. The van der Waals surface area contributed by atoms with Crippen molar-refractivity contribution in [1.29, 1.82) is 0 Å². The monoisotopic (exact) mass is 340 g/mol. The van der Waals surface area contributed by atoms with Gasteiger partial charge in [0.05, 0.1) is 12.4 Å². The number of carbonyl (C=O) groups is 1. The summed E-state index contributed by atoms with van der Waals surface area (Å²) in [5.74, 6) is 0.0445. The first-order valence-corrected chi connectivity index (χ1v) is 9.22. The molecule has 1 saturated carbocycles. The van der Waals surface area contributed by atoms with E-state index in [2.05, 4.69) is 41.2 Å². The molecule has 134 valence electrons. The number of aromatic nitrogens is 2. The number of amides is 1. The van der Waals surface area contributed by atoms with Crippen molar-refractivity contribution in [1.82, 2.24) is 14.9 Å². The van der Waals surface area contributed by atoms with Crippen LogP contribution in [0.25, 0.3) is 0 Å². The van der Waals surface area contributed by atoms with Crippen LogP contribution in [-0.4, -0.2) is 32.9 Å². The number of carbonyl (C=O) groups excluding carboxylic acids is 1. The Labute approximate surface area is 149 Å². The number of hydrogen-bond acceptors (Lipinski definition) is 3. The highest BCUT2D eigenvalue weighted by Gasteiger charge is 2.29. The van der Waals surface area contributed by atoms with Gasteiger partial charge in [0.25, 0.3) is 0 Å². The summed E-state index contributed by atoms with van der Waals surface area (Å²) in [5, 5.41) is 0. The molecule has 2 aromatic rings. The molecule has 1 aliphatic rings. The molecule has 3 N–H and O–H groups in total. The Hall–Kier alpha value is -2.14. The third-order valence-electron chi connectivity index (χ3n) is 5.05. The van der Waals surface area contributed by atoms with Crippen molar-refractivity contribution in [2.24, 2.45) is 5.73 Å². The van der Waals surface area contributed by atoms with Gasteiger partial charge in [-0.1, -0.05) is 49.1 Å². The van der Waals surface area contributed by atoms with E-state index in [1.165, 1.54) is 30.4 Å². The van der Waals surface area contributed by atoms with Gasteiger partial charge < -0.3 is 15.6 Å². The maximum atomic E-state index is 13.1. The highest BCUT2D eigenvalue weighted by atomic mass is 16.2. The molecule has 1 fully saturated rings. The van der Waals surface area contributed by atoms with Gasteiger partial charge >= 0.3 is 0 Å². The summed E-state index contributed by atoms with van der Waals surface area (Å²) in [4.78, 5) is 22.2. The highest BCUT2D eigenvalue weighted by molar-refractivity contribution is 5.82. The molecular formula is C20H28N4O. The van der Waals surface area contributed by atoms with Gasteiger partial charge in [-0.25, -0.2) is 4.98 Å². The van der Waals surface area contributed by atoms with Crippen molar-refractivity contribution in [3.8, 4) is 0 Å². The molecule has 1 aromatic heterocycles. The van der Waals surface area contributed by atoms with Crippen molar-refractivity contribution in [3.63, 3.8) is 0 Å². The van der Waals surface area contributed by atoms with E-state index in [4.69, 9.17) is 5.73 Å². The highest BCUT2D eigenvalue weighted by Crippen LogP contribution is 2.25. The van der Waals surface area contributed by atoms with Gasteiger partial charge in [-0.05, 0) is 25.3 Å². The number of rotatable bonds is 6. The predicted molar refractivity (Wildman–Crippen MR) is 98.9 cm³/mol. The number of nitrogens with two attached hydrogens (primary N) is 1. The molecule has 0 aliphatic heterocycles. The smallest absolute Gasteiger partial charge is 0.240 e. The van der Waals surface area contributed by atoms with E-state index in [-0.39, 0.29) is 5.91 Å². The predicted octanol–water partition coefficient (Wildman–Crippen LogP) is 2.95. The Kier molecular flexibility index (Phi) is 5.87. The zero-order valence-electron chi connectivity index (χ0n) is 14.9. The van der Waals surface area contributed by atoms with Gasteiger partial charge in [0, 0.05) is 30.9 Å². The number of imidazole rings is 1. The lowest BCUT2D eigenvalue weighted by Crippen LogP contribution is -2.49. The zero-order chi connectivity index (χ0) is 17.6. The average Bonchev–Trinajstić information content (AvgIpc) is 3.13. The molecule has 0 bridgehead atoms. The maximum absolute atomic E-state index is 13.1. The molecule has 1 aliphatic carbocycles. The SMILES string of the molecule is Cc1cccc(CN(C(=O)[C@@H](N)Cc2cnc[nH]2)C2CCCCC2)c1. The number of hydrogen-bond donors (Lipinski definition) is 2. The topological polar surface area (TPSA) is 75.0 Å². The van der Waals surface area contributed by atoms with Crippen LogP contribution in [0.3, 0.4) is 0 Å². The lowest BCUT2D eigenvalue weighted by Gasteiger charge is -2.36. The summed E-state index contributed by atoms with van der Waals surface area (Å²) in [6.07, 6.45) is 9.66. The van der Waals surface area contributed by atoms with Gasteiger partial charge in [-0.15, -0.1) is 0 Å². The first-order chi connectivity index (χ1) is 12.1. The quantitative estimate of drug-likeness (QED) is 0.849. The zero-order valence-corrected chi connectivity index (χ0v) is 14.9. The fourth-order valence-corrected chi connectivity index (χ4v) is 3.72. The molecule has 1 aromatic carbocycles.